The molecule has 2 atom stereocenters. The standard InChI is InChI=1S/C25H30F3N3O2/c26-25(27,28)20-3-1-4-21(17-20)31-15-13-30(14-16-31)12-2-5-23(32)19-8-6-18(7-9-19)22-10-11-24(33)29-22/h1,3-4,6-9,17,22-23,32H,2,5,10-16H2,(H,29,33). The van der Waals surface area contributed by atoms with E-state index in [9.17, 15) is 23.1 Å². The summed E-state index contributed by atoms with van der Waals surface area (Å²) in [5, 5.41) is 13.5. The molecule has 0 aromatic heterocycles. The molecule has 2 aromatic rings. The lowest BCUT2D eigenvalue weighted by molar-refractivity contribution is -0.137. The second-order valence-corrected chi connectivity index (χ2v) is 8.86. The highest BCUT2D eigenvalue weighted by molar-refractivity contribution is 5.78. The van der Waals surface area contributed by atoms with E-state index in [4.69, 9.17) is 0 Å². The highest BCUT2D eigenvalue weighted by Gasteiger charge is 2.31. The molecule has 2 heterocycles. The Hall–Kier alpha value is -2.58. The van der Waals surface area contributed by atoms with Crippen molar-refractivity contribution < 1.29 is 23.1 Å². The fourth-order valence-corrected chi connectivity index (χ4v) is 4.60. The number of nitrogens with zero attached hydrogens (tertiary/aromatic N) is 2. The van der Waals surface area contributed by atoms with Crippen molar-refractivity contribution in [1.82, 2.24) is 10.2 Å². The van der Waals surface area contributed by atoms with Gasteiger partial charge in [0.2, 0.25) is 5.91 Å². The number of rotatable bonds is 7. The molecule has 2 aliphatic rings. The van der Waals surface area contributed by atoms with E-state index >= 15 is 0 Å². The maximum absolute atomic E-state index is 13.0. The number of aliphatic hydroxyl groups excluding tert-OH is 1. The Morgan fingerprint density at radius 3 is 2.42 bits per heavy atom. The van der Waals surface area contributed by atoms with Crippen LogP contribution in [0.5, 0.6) is 0 Å². The molecule has 2 aromatic carbocycles. The summed E-state index contributed by atoms with van der Waals surface area (Å²) in [5.41, 5.74) is 1.94. The van der Waals surface area contributed by atoms with E-state index in [1.807, 2.05) is 29.2 Å². The lowest BCUT2D eigenvalue weighted by Crippen LogP contribution is -2.46. The van der Waals surface area contributed by atoms with E-state index in [1.165, 1.54) is 12.1 Å². The Kier molecular flexibility index (Phi) is 7.24. The van der Waals surface area contributed by atoms with Gasteiger partial charge < -0.3 is 15.3 Å². The van der Waals surface area contributed by atoms with E-state index in [0.29, 0.717) is 31.6 Å². The predicted molar refractivity (Wildman–Crippen MR) is 121 cm³/mol. The highest BCUT2D eigenvalue weighted by Crippen LogP contribution is 2.32. The first-order valence-electron chi connectivity index (χ1n) is 11.5. The van der Waals surface area contributed by atoms with Crippen molar-refractivity contribution in [2.24, 2.45) is 0 Å². The molecule has 0 saturated carbocycles. The van der Waals surface area contributed by atoms with Crippen LogP contribution in [0.15, 0.2) is 48.5 Å². The van der Waals surface area contributed by atoms with Crippen molar-refractivity contribution in [2.45, 2.75) is 44.0 Å². The topological polar surface area (TPSA) is 55.8 Å². The summed E-state index contributed by atoms with van der Waals surface area (Å²) in [5.74, 6) is 0.0831. The Morgan fingerprint density at radius 2 is 1.79 bits per heavy atom. The van der Waals surface area contributed by atoms with Gasteiger partial charge in [-0.3, -0.25) is 9.69 Å². The van der Waals surface area contributed by atoms with Gasteiger partial charge in [0.25, 0.3) is 0 Å². The molecular formula is C25H30F3N3O2. The number of nitrogens with one attached hydrogen (secondary N) is 1. The van der Waals surface area contributed by atoms with E-state index in [0.717, 1.165) is 49.7 Å². The number of aliphatic hydroxyl groups is 1. The number of piperazine rings is 1. The summed E-state index contributed by atoms with van der Waals surface area (Å²) in [6.07, 6.45) is -2.02. The molecular weight excluding hydrogens is 431 g/mol. The van der Waals surface area contributed by atoms with Crippen LogP contribution in [0.4, 0.5) is 18.9 Å². The monoisotopic (exact) mass is 461 g/mol. The molecule has 4 rings (SSSR count). The fraction of sp³-hybridized carbons (Fsp3) is 0.480. The number of amides is 1. The van der Waals surface area contributed by atoms with Crippen LogP contribution in [-0.2, 0) is 11.0 Å². The van der Waals surface area contributed by atoms with Gasteiger partial charge in [0.1, 0.15) is 0 Å². The van der Waals surface area contributed by atoms with Crippen molar-refractivity contribution in [3.8, 4) is 0 Å². The number of carbonyl (C=O) groups is 1. The van der Waals surface area contributed by atoms with Crippen molar-refractivity contribution in [2.75, 3.05) is 37.6 Å². The smallest absolute Gasteiger partial charge is 0.388 e. The van der Waals surface area contributed by atoms with E-state index in [1.54, 1.807) is 6.07 Å². The molecule has 2 unspecified atom stereocenters. The zero-order valence-corrected chi connectivity index (χ0v) is 18.5. The molecule has 0 bridgehead atoms. The minimum atomic E-state index is -4.33. The second-order valence-electron chi connectivity index (χ2n) is 8.86. The molecule has 5 nitrogen and oxygen atoms in total. The molecule has 2 aliphatic heterocycles. The SMILES string of the molecule is O=C1CCC(c2ccc(C(O)CCCN3CCN(c4cccc(C(F)(F)F)c4)CC3)cc2)N1. The Labute approximate surface area is 192 Å². The van der Waals surface area contributed by atoms with Gasteiger partial charge in [-0.2, -0.15) is 13.2 Å². The Balaban J connectivity index is 1.20. The number of carbonyl (C=O) groups excluding carboxylic acids is 1. The Bertz CT molecular complexity index is 941. The minimum absolute atomic E-state index is 0.0679. The minimum Gasteiger partial charge on any atom is -0.388 e. The molecule has 0 spiro atoms. The molecule has 1 amide bonds. The number of hydrogen-bond acceptors (Lipinski definition) is 4. The van der Waals surface area contributed by atoms with E-state index in [-0.39, 0.29) is 11.9 Å². The van der Waals surface area contributed by atoms with Gasteiger partial charge in [-0.1, -0.05) is 30.3 Å². The van der Waals surface area contributed by atoms with Crippen LogP contribution in [0, 0.1) is 0 Å². The summed E-state index contributed by atoms with van der Waals surface area (Å²) in [6, 6.07) is 13.4. The molecule has 2 fully saturated rings. The number of halogens is 3. The van der Waals surface area contributed by atoms with Gasteiger partial charge in [-0.05, 0) is 55.1 Å². The average molecular weight is 462 g/mol. The third-order valence-electron chi connectivity index (χ3n) is 6.58. The van der Waals surface area contributed by atoms with Crippen LogP contribution < -0.4 is 10.2 Å². The first kappa shape index (κ1) is 23.6. The molecule has 2 N–H and O–H groups in total. The molecule has 8 heteroatoms. The molecule has 0 aliphatic carbocycles. The van der Waals surface area contributed by atoms with Crippen LogP contribution >= 0.6 is 0 Å². The lowest BCUT2D eigenvalue weighted by Gasteiger charge is -2.36. The van der Waals surface area contributed by atoms with Crippen LogP contribution in [0.25, 0.3) is 0 Å². The normalized spacial score (nSPS) is 20.7. The second kappa shape index (κ2) is 10.1. The summed E-state index contributed by atoms with van der Waals surface area (Å²) in [7, 11) is 0. The van der Waals surface area contributed by atoms with Gasteiger partial charge in [0.15, 0.2) is 0 Å². The highest BCUT2D eigenvalue weighted by atomic mass is 19.4. The first-order valence-corrected chi connectivity index (χ1v) is 11.5. The maximum atomic E-state index is 13.0. The van der Waals surface area contributed by atoms with Gasteiger partial charge in [-0.15, -0.1) is 0 Å². The zero-order chi connectivity index (χ0) is 23.4. The maximum Gasteiger partial charge on any atom is 0.416 e. The van der Waals surface area contributed by atoms with E-state index < -0.39 is 17.8 Å². The van der Waals surface area contributed by atoms with Crippen LogP contribution in [0.3, 0.4) is 0 Å². The zero-order valence-electron chi connectivity index (χ0n) is 18.5. The third kappa shape index (κ3) is 6.06. The van der Waals surface area contributed by atoms with Crippen molar-refractivity contribution in [3.63, 3.8) is 0 Å². The van der Waals surface area contributed by atoms with Crippen LogP contribution in [0.1, 0.15) is 54.5 Å². The number of benzene rings is 2. The van der Waals surface area contributed by atoms with Crippen LogP contribution in [-0.4, -0.2) is 48.6 Å². The van der Waals surface area contributed by atoms with E-state index in [2.05, 4.69) is 10.2 Å². The number of alkyl halides is 3. The lowest BCUT2D eigenvalue weighted by atomic mass is 9.99. The summed E-state index contributed by atoms with van der Waals surface area (Å²) in [6.45, 7) is 3.79. The Morgan fingerprint density at radius 1 is 1.06 bits per heavy atom. The van der Waals surface area contributed by atoms with Crippen molar-refractivity contribution >= 4 is 11.6 Å². The number of anilines is 1. The average Bonchev–Trinajstić information content (AvgIpc) is 3.25. The predicted octanol–water partition coefficient (Wildman–Crippen LogP) is 4.29. The summed E-state index contributed by atoms with van der Waals surface area (Å²) < 4.78 is 38.9. The fourth-order valence-electron chi connectivity index (χ4n) is 4.60. The molecule has 178 valence electrons. The van der Waals surface area contributed by atoms with Crippen LogP contribution in [0.2, 0.25) is 0 Å². The van der Waals surface area contributed by atoms with Gasteiger partial charge in [0, 0.05) is 38.3 Å². The summed E-state index contributed by atoms with van der Waals surface area (Å²) in [4.78, 5) is 15.7. The van der Waals surface area contributed by atoms with Gasteiger partial charge in [-0.25, -0.2) is 0 Å². The summed E-state index contributed by atoms with van der Waals surface area (Å²) >= 11 is 0. The van der Waals surface area contributed by atoms with Crippen molar-refractivity contribution in [3.05, 3.63) is 65.2 Å². The van der Waals surface area contributed by atoms with Gasteiger partial charge >= 0.3 is 6.18 Å². The quantitative estimate of drug-likeness (QED) is 0.646. The molecule has 33 heavy (non-hydrogen) atoms. The molecule has 0 radical (unpaired) electrons. The third-order valence-corrected chi connectivity index (χ3v) is 6.58. The first-order chi connectivity index (χ1) is 15.8. The largest absolute Gasteiger partial charge is 0.416 e. The van der Waals surface area contributed by atoms with Gasteiger partial charge in [0.05, 0.1) is 17.7 Å². The molecule has 2 saturated heterocycles. The van der Waals surface area contributed by atoms with Crippen molar-refractivity contribution in [1.29, 1.82) is 0 Å². The number of hydrogen-bond donors (Lipinski definition) is 2.